The number of likely N-dealkylation sites (N-methyl/N-ethyl adjacent to an activating group) is 1. The molecule has 3 aliphatic rings. The lowest BCUT2D eigenvalue weighted by atomic mass is 9.58. The standard InChI is InChI=1S/C28H39N5O8/c1-27(2,3)30-11-41-31-15-10-16(32(4)5)13-8-12-9-14-20(33(6)7)23(36)19(26(29)39)25(38)28(14,40)24(37)17(12)22(35)18(13)21(15)34/h10,12,14,20,30-31,34,36-37,40H,8-9,11H2,1-7H3,(H2,29,39)/t12?,14?,20-,28-/m0/s1. The molecule has 0 radical (unpaired) electrons. The first-order valence-electron chi connectivity index (χ1n) is 13.3. The Bertz CT molecular complexity index is 1380. The van der Waals surface area contributed by atoms with Crippen molar-refractivity contribution in [3.05, 3.63) is 39.9 Å². The molecule has 0 fully saturated rings. The van der Waals surface area contributed by atoms with Gasteiger partial charge < -0.3 is 31.1 Å². The first-order valence-corrected chi connectivity index (χ1v) is 13.3. The molecular formula is C28H39N5O8. The summed E-state index contributed by atoms with van der Waals surface area (Å²) in [7, 11) is 6.73. The topological polar surface area (TPSA) is 198 Å². The van der Waals surface area contributed by atoms with E-state index >= 15 is 0 Å². The van der Waals surface area contributed by atoms with Crippen molar-refractivity contribution >= 4 is 28.8 Å². The maximum Gasteiger partial charge on any atom is 0.255 e. The Morgan fingerprint density at radius 2 is 1.80 bits per heavy atom. The fourth-order valence-electron chi connectivity index (χ4n) is 6.14. The van der Waals surface area contributed by atoms with E-state index in [1.54, 1.807) is 39.2 Å². The molecule has 0 heterocycles. The van der Waals surface area contributed by atoms with Crippen molar-refractivity contribution in [3.8, 4) is 5.75 Å². The van der Waals surface area contributed by atoms with Crippen LogP contribution in [0.4, 0.5) is 11.4 Å². The number of aromatic hydroxyl groups is 1. The number of carbonyl (C=O) groups is 3. The minimum Gasteiger partial charge on any atom is -0.510 e. The third-order valence-electron chi connectivity index (χ3n) is 8.04. The van der Waals surface area contributed by atoms with Gasteiger partial charge in [-0.25, -0.2) is 0 Å². The second-order valence-electron chi connectivity index (χ2n) is 12.3. The van der Waals surface area contributed by atoms with Crippen LogP contribution in [0.25, 0.3) is 0 Å². The maximum absolute atomic E-state index is 14.0. The van der Waals surface area contributed by atoms with Gasteiger partial charge >= 0.3 is 0 Å². The molecule has 3 aliphatic carbocycles. The highest BCUT2D eigenvalue weighted by molar-refractivity contribution is 6.25. The highest BCUT2D eigenvalue weighted by Gasteiger charge is 2.63. The fraction of sp³-hybridized carbons (Fsp3) is 0.536. The predicted molar refractivity (Wildman–Crippen MR) is 150 cm³/mol. The summed E-state index contributed by atoms with van der Waals surface area (Å²) >= 11 is 0. The predicted octanol–water partition coefficient (Wildman–Crippen LogP) is 0.876. The molecule has 1 amide bonds. The first-order chi connectivity index (χ1) is 18.9. The molecule has 4 rings (SSSR count). The molecule has 0 saturated heterocycles. The number of nitrogens with one attached hydrogen (secondary N) is 2. The number of Topliss-reactive ketones (excluding diaryl/α,β-unsaturated/α-hetero) is 2. The number of primary amides is 1. The molecule has 1 aromatic rings. The van der Waals surface area contributed by atoms with Gasteiger partial charge in [-0.15, -0.1) is 0 Å². The quantitative estimate of drug-likeness (QED) is 0.0800. The van der Waals surface area contributed by atoms with Crippen LogP contribution in [-0.2, 0) is 20.8 Å². The number of amides is 1. The smallest absolute Gasteiger partial charge is 0.255 e. The van der Waals surface area contributed by atoms with Gasteiger partial charge in [0, 0.05) is 36.8 Å². The van der Waals surface area contributed by atoms with Gasteiger partial charge in [0.15, 0.2) is 17.1 Å². The number of hydrogen-bond donors (Lipinski definition) is 7. The minimum absolute atomic E-state index is 0.0149. The van der Waals surface area contributed by atoms with Gasteiger partial charge in [-0.05, 0) is 65.3 Å². The summed E-state index contributed by atoms with van der Waals surface area (Å²) in [6.07, 6.45) is 0.198. The summed E-state index contributed by atoms with van der Waals surface area (Å²) in [6.45, 7) is 5.95. The van der Waals surface area contributed by atoms with Crippen molar-refractivity contribution in [1.82, 2.24) is 10.2 Å². The lowest BCUT2D eigenvalue weighted by molar-refractivity contribution is -0.148. The average molecular weight is 574 g/mol. The van der Waals surface area contributed by atoms with Gasteiger partial charge in [-0.1, -0.05) is 0 Å². The lowest BCUT2D eigenvalue weighted by Crippen LogP contribution is -2.63. The van der Waals surface area contributed by atoms with Crippen LogP contribution in [0.2, 0.25) is 0 Å². The highest BCUT2D eigenvalue weighted by atomic mass is 16.7. The third kappa shape index (κ3) is 4.82. The van der Waals surface area contributed by atoms with E-state index in [1.165, 1.54) is 4.90 Å². The number of nitrogens with two attached hydrogens (primary N) is 1. The number of benzene rings is 1. The SMILES string of the molecule is CN(C)c1cc(NOCNC(C)(C)C)c(O)c2c1CC1CC3[C@H](N(C)C)C(O)=C(C(N)=O)C(=O)[C@@]3(O)C(O)=C1C2=O. The molecule has 8 N–H and O–H groups in total. The van der Waals surface area contributed by atoms with Crippen LogP contribution < -0.4 is 21.4 Å². The number of anilines is 2. The van der Waals surface area contributed by atoms with Crippen LogP contribution in [0.3, 0.4) is 0 Å². The Balaban J connectivity index is 1.85. The highest BCUT2D eigenvalue weighted by Crippen LogP contribution is 2.53. The van der Waals surface area contributed by atoms with E-state index in [4.69, 9.17) is 10.6 Å². The summed E-state index contributed by atoms with van der Waals surface area (Å²) in [5.41, 5.74) is 5.19. The first kappa shape index (κ1) is 30.3. The van der Waals surface area contributed by atoms with Crippen molar-refractivity contribution in [2.24, 2.45) is 17.6 Å². The van der Waals surface area contributed by atoms with E-state index in [0.717, 1.165) is 0 Å². The van der Waals surface area contributed by atoms with Crippen LogP contribution in [-0.4, -0.2) is 94.9 Å². The molecule has 2 unspecified atom stereocenters. The molecule has 13 heteroatoms. The van der Waals surface area contributed by atoms with E-state index in [9.17, 15) is 34.8 Å². The zero-order valence-electron chi connectivity index (χ0n) is 24.3. The number of ketones is 2. The molecule has 0 aliphatic heterocycles. The minimum atomic E-state index is -2.69. The molecule has 1 aromatic carbocycles. The van der Waals surface area contributed by atoms with Crippen molar-refractivity contribution in [3.63, 3.8) is 0 Å². The number of rotatable bonds is 7. The van der Waals surface area contributed by atoms with Crippen LogP contribution in [0.5, 0.6) is 5.75 Å². The molecule has 0 aromatic heterocycles. The summed E-state index contributed by atoms with van der Waals surface area (Å²) in [6, 6.07) is 0.597. The Morgan fingerprint density at radius 3 is 2.34 bits per heavy atom. The van der Waals surface area contributed by atoms with Crippen molar-refractivity contribution in [2.45, 2.75) is 50.8 Å². The Hall–Kier alpha value is -3.65. The van der Waals surface area contributed by atoms with Crippen molar-refractivity contribution in [1.29, 1.82) is 0 Å². The normalized spacial score (nSPS) is 26.1. The van der Waals surface area contributed by atoms with Gasteiger partial charge in [0.05, 0.1) is 11.6 Å². The molecule has 224 valence electrons. The average Bonchev–Trinajstić information content (AvgIpc) is 2.83. The molecule has 0 saturated carbocycles. The van der Waals surface area contributed by atoms with Gasteiger partial charge in [0.1, 0.15) is 29.5 Å². The summed E-state index contributed by atoms with van der Waals surface area (Å²) < 4.78 is 0. The molecular weight excluding hydrogens is 534 g/mol. The van der Waals surface area contributed by atoms with E-state index in [0.29, 0.717) is 11.3 Å². The molecule has 41 heavy (non-hydrogen) atoms. The largest absolute Gasteiger partial charge is 0.510 e. The zero-order valence-corrected chi connectivity index (χ0v) is 24.3. The van der Waals surface area contributed by atoms with Crippen LogP contribution in [0, 0.1) is 11.8 Å². The lowest BCUT2D eigenvalue weighted by Gasteiger charge is -2.50. The Morgan fingerprint density at radius 1 is 1.17 bits per heavy atom. The number of aliphatic hydroxyl groups is 3. The summed E-state index contributed by atoms with van der Waals surface area (Å²) in [5, 5.41) is 48.5. The van der Waals surface area contributed by atoms with Gasteiger partial charge in [-0.3, -0.25) is 34.9 Å². The van der Waals surface area contributed by atoms with Crippen LogP contribution >= 0.6 is 0 Å². The van der Waals surface area contributed by atoms with Gasteiger partial charge in [0.25, 0.3) is 5.91 Å². The second kappa shape index (κ2) is 10.3. The Labute approximate surface area is 238 Å². The number of allylic oxidation sites excluding steroid dienone is 1. The molecule has 13 nitrogen and oxygen atoms in total. The van der Waals surface area contributed by atoms with Gasteiger partial charge in [-0.2, -0.15) is 0 Å². The summed E-state index contributed by atoms with van der Waals surface area (Å²) in [5.74, 6) is -7.00. The molecule has 0 spiro atoms. The van der Waals surface area contributed by atoms with Crippen LogP contribution in [0.1, 0.15) is 43.1 Å². The summed E-state index contributed by atoms with van der Waals surface area (Å²) in [4.78, 5) is 48.4. The van der Waals surface area contributed by atoms with E-state index in [-0.39, 0.29) is 41.9 Å². The fourth-order valence-corrected chi connectivity index (χ4v) is 6.14. The maximum atomic E-state index is 14.0. The third-order valence-corrected chi connectivity index (χ3v) is 8.04. The number of nitrogens with zero attached hydrogens (tertiary/aromatic N) is 2. The Kier molecular flexibility index (Phi) is 7.63. The molecule has 4 atom stereocenters. The number of fused-ring (bicyclic) bond motifs is 3. The van der Waals surface area contributed by atoms with Crippen LogP contribution in [0.15, 0.2) is 28.7 Å². The number of phenolic OH excluding ortho intramolecular Hbond substituents is 1. The van der Waals surface area contributed by atoms with E-state index < -0.39 is 63.8 Å². The number of aliphatic hydroxyl groups excluding tert-OH is 2. The second-order valence-corrected chi connectivity index (χ2v) is 12.3. The zero-order chi connectivity index (χ0) is 30.8. The van der Waals surface area contributed by atoms with Crippen molar-refractivity contribution in [2.75, 3.05) is 45.3 Å². The monoisotopic (exact) mass is 573 g/mol. The van der Waals surface area contributed by atoms with E-state index in [2.05, 4.69) is 10.8 Å². The van der Waals surface area contributed by atoms with Crippen molar-refractivity contribution < 1.29 is 39.6 Å². The molecule has 0 bridgehead atoms. The van der Waals surface area contributed by atoms with E-state index in [1.807, 2.05) is 20.8 Å². The van der Waals surface area contributed by atoms with Gasteiger partial charge in [0.2, 0.25) is 5.78 Å². The number of phenols is 1. The number of hydrogen-bond acceptors (Lipinski definition) is 12. The number of carbonyl (C=O) groups excluding carboxylic acids is 3.